The van der Waals surface area contributed by atoms with Crippen molar-refractivity contribution in [3.8, 4) is 6.01 Å². The molecule has 3 rings (SSSR count). The van der Waals surface area contributed by atoms with Crippen molar-refractivity contribution in [3.05, 3.63) is 52.8 Å². The van der Waals surface area contributed by atoms with E-state index in [-0.39, 0.29) is 40.1 Å². The summed E-state index contributed by atoms with van der Waals surface area (Å²) in [6.07, 6.45) is 3.39. The van der Waals surface area contributed by atoms with Gasteiger partial charge in [0.25, 0.3) is 0 Å². The maximum absolute atomic E-state index is 16.2. The second-order valence-corrected chi connectivity index (χ2v) is 10.4. The molecule has 8 nitrogen and oxygen atoms in total. The van der Waals surface area contributed by atoms with Crippen molar-refractivity contribution in [1.29, 1.82) is 0 Å². The van der Waals surface area contributed by atoms with Gasteiger partial charge >= 0.3 is 6.01 Å². The Hall–Kier alpha value is -3.24. The van der Waals surface area contributed by atoms with Crippen molar-refractivity contribution in [2.45, 2.75) is 46.2 Å². The molecule has 11 heteroatoms. The molecule has 0 saturated carbocycles. The number of halogens is 3. The molecule has 0 aliphatic carbocycles. The van der Waals surface area contributed by atoms with Crippen LogP contribution in [0.5, 0.6) is 6.01 Å². The number of anilines is 1. The highest BCUT2D eigenvalue weighted by molar-refractivity contribution is 6.33. The molecular weight excluding hydrogens is 528 g/mol. The molecule has 1 amide bonds. The van der Waals surface area contributed by atoms with Gasteiger partial charge in [-0.3, -0.25) is 4.79 Å². The number of carbonyl (C=O) groups excluding carboxylic acids is 1. The molecule has 212 valence electrons. The molecule has 1 N–H and O–H groups in total. The largest absolute Gasteiger partial charge is 0.507 e. The van der Waals surface area contributed by atoms with Gasteiger partial charge in [0.15, 0.2) is 5.82 Å². The normalized spacial score (nSPS) is 18.7. The van der Waals surface area contributed by atoms with Crippen molar-refractivity contribution in [1.82, 2.24) is 19.8 Å². The maximum atomic E-state index is 16.2. The van der Waals surface area contributed by atoms with Gasteiger partial charge in [-0.05, 0) is 53.4 Å². The maximum Gasteiger partial charge on any atom is 0.319 e. The number of ether oxygens (including phenoxy) is 1. The van der Waals surface area contributed by atoms with Gasteiger partial charge in [0.1, 0.15) is 22.9 Å². The number of allylic oxidation sites excluding steroid dienone is 4. The third kappa shape index (κ3) is 6.67. The first-order valence-corrected chi connectivity index (χ1v) is 13.2. The molecule has 2 atom stereocenters. The Kier molecular flexibility index (Phi) is 9.90. The first kappa shape index (κ1) is 30.3. The molecule has 39 heavy (non-hydrogen) atoms. The van der Waals surface area contributed by atoms with E-state index >= 15 is 4.39 Å². The van der Waals surface area contributed by atoms with Crippen LogP contribution in [-0.4, -0.2) is 83.2 Å². The number of nitrogens with zero attached hydrogens (tertiary/aromatic N) is 5. The minimum Gasteiger partial charge on any atom is -0.507 e. The van der Waals surface area contributed by atoms with Gasteiger partial charge in [0.2, 0.25) is 5.91 Å². The molecule has 1 aromatic carbocycles. The van der Waals surface area contributed by atoms with Crippen LogP contribution in [0.15, 0.2) is 36.4 Å². The number of rotatable bonds is 9. The summed E-state index contributed by atoms with van der Waals surface area (Å²) in [5.74, 6) is -2.16. The molecule has 0 bridgehead atoms. The van der Waals surface area contributed by atoms with Crippen molar-refractivity contribution in [2.24, 2.45) is 0 Å². The van der Waals surface area contributed by atoms with E-state index in [1.54, 1.807) is 11.8 Å². The number of fused-ring (bicyclic) bond motifs is 1. The van der Waals surface area contributed by atoms with Gasteiger partial charge in [-0.2, -0.15) is 9.97 Å². The van der Waals surface area contributed by atoms with Gasteiger partial charge in [-0.25, -0.2) is 8.78 Å². The number of aliphatic hydroxyl groups excluding tert-OH is 1. The highest BCUT2D eigenvalue weighted by Gasteiger charge is 2.34. The van der Waals surface area contributed by atoms with Crippen LogP contribution in [-0.2, 0) is 4.79 Å². The summed E-state index contributed by atoms with van der Waals surface area (Å²) in [4.78, 5) is 26.9. The van der Waals surface area contributed by atoms with Crippen molar-refractivity contribution < 1.29 is 23.4 Å². The van der Waals surface area contributed by atoms with Gasteiger partial charge in [0.05, 0.1) is 17.2 Å². The summed E-state index contributed by atoms with van der Waals surface area (Å²) in [5.41, 5.74) is -0.968. The number of piperazine rings is 1. The van der Waals surface area contributed by atoms with Gasteiger partial charge in [-0.15, -0.1) is 0 Å². The molecule has 2 aromatic rings. The van der Waals surface area contributed by atoms with Crippen LogP contribution in [0.1, 0.15) is 39.7 Å². The molecule has 0 unspecified atom stereocenters. The minimum absolute atomic E-state index is 0.0307. The van der Waals surface area contributed by atoms with Crippen LogP contribution in [0.4, 0.5) is 14.6 Å². The van der Waals surface area contributed by atoms with E-state index in [0.29, 0.717) is 37.3 Å². The van der Waals surface area contributed by atoms with Crippen molar-refractivity contribution in [3.63, 3.8) is 0 Å². The van der Waals surface area contributed by atoms with Crippen LogP contribution >= 0.6 is 11.6 Å². The molecule has 0 radical (unpaired) electrons. The SMILES string of the molecule is C=C(F)/C(=C(O)\C=C/C)c1c(Cl)cc2c(N3C[C@@H](C)N(C(C)=O)C[C@@H]3C)nc(OCCCN(C)C)nc2c1F. The summed E-state index contributed by atoms with van der Waals surface area (Å²) in [7, 11) is 3.89. The first-order chi connectivity index (χ1) is 18.4. The zero-order chi connectivity index (χ0) is 29.0. The number of carbonyl (C=O) groups is 1. The predicted molar refractivity (Wildman–Crippen MR) is 151 cm³/mol. The fourth-order valence-electron chi connectivity index (χ4n) is 4.72. The Labute approximate surface area is 233 Å². The molecule has 1 aromatic heterocycles. The molecule has 2 heterocycles. The van der Waals surface area contributed by atoms with Crippen molar-refractivity contribution in [2.75, 3.05) is 45.2 Å². The quantitative estimate of drug-likeness (QED) is 0.244. The second-order valence-electron chi connectivity index (χ2n) is 9.97. The lowest BCUT2D eigenvalue weighted by Gasteiger charge is -2.44. The Morgan fingerprint density at radius 1 is 1.31 bits per heavy atom. The molecular formula is C28H36ClF2N5O3. The topological polar surface area (TPSA) is 82.0 Å². The fraction of sp³-hybridized carbons (Fsp3) is 0.464. The highest BCUT2D eigenvalue weighted by Crippen LogP contribution is 2.40. The first-order valence-electron chi connectivity index (χ1n) is 12.8. The monoisotopic (exact) mass is 563 g/mol. The van der Waals surface area contributed by atoms with E-state index in [4.69, 9.17) is 16.3 Å². The summed E-state index contributed by atoms with van der Waals surface area (Å²) < 4.78 is 36.6. The third-order valence-corrected chi connectivity index (χ3v) is 6.89. The van der Waals surface area contributed by atoms with Gasteiger partial charge in [0, 0.05) is 49.6 Å². The molecule has 0 spiro atoms. The number of hydrogen-bond acceptors (Lipinski definition) is 7. The van der Waals surface area contributed by atoms with E-state index in [2.05, 4.69) is 16.5 Å². The summed E-state index contributed by atoms with van der Waals surface area (Å²) >= 11 is 6.52. The van der Waals surface area contributed by atoms with Crippen LogP contribution in [0.3, 0.4) is 0 Å². The molecule has 1 fully saturated rings. The van der Waals surface area contributed by atoms with E-state index < -0.39 is 23.0 Å². The average Bonchev–Trinajstić information content (AvgIpc) is 2.85. The lowest BCUT2D eigenvalue weighted by atomic mass is 9.99. The van der Waals surface area contributed by atoms with Gasteiger partial charge < -0.3 is 24.5 Å². The Balaban J connectivity index is 2.23. The predicted octanol–water partition coefficient (Wildman–Crippen LogP) is 5.53. The van der Waals surface area contributed by atoms with E-state index in [0.717, 1.165) is 6.54 Å². The zero-order valence-electron chi connectivity index (χ0n) is 23.3. The van der Waals surface area contributed by atoms with Crippen LogP contribution in [0.2, 0.25) is 5.02 Å². The van der Waals surface area contributed by atoms with Gasteiger partial charge in [-0.1, -0.05) is 24.3 Å². The lowest BCUT2D eigenvalue weighted by molar-refractivity contribution is -0.131. The summed E-state index contributed by atoms with van der Waals surface area (Å²) in [6.45, 7) is 12.2. The Morgan fingerprint density at radius 2 is 2.00 bits per heavy atom. The average molecular weight is 564 g/mol. The molecule has 1 aliphatic rings. The minimum atomic E-state index is -1.05. The number of amides is 1. The van der Waals surface area contributed by atoms with E-state index in [1.807, 2.05) is 37.7 Å². The standard InChI is InChI=1S/C28H36ClF2N5O3/c1-8-10-22(38)23(18(4)30)24-21(29)13-20-26(25(24)31)32-28(39-12-9-11-34(6)7)33-27(20)36-15-16(2)35(19(5)37)14-17(36)3/h8,10,13,16-17,38H,4,9,11-12,14-15H2,1-3,5-7H3/b10-8-,23-22-/t16-,17+/m1/s1. The molecule has 1 saturated heterocycles. The zero-order valence-corrected chi connectivity index (χ0v) is 24.0. The van der Waals surface area contributed by atoms with Crippen LogP contribution < -0.4 is 9.64 Å². The Morgan fingerprint density at radius 3 is 2.59 bits per heavy atom. The number of aromatic nitrogens is 2. The lowest BCUT2D eigenvalue weighted by Crippen LogP contribution is -2.58. The van der Waals surface area contributed by atoms with Crippen LogP contribution in [0, 0.1) is 5.82 Å². The number of benzene rings is 1. The Bertz CT molecular complexity index is 1310. The van der Waals surface area contributed by atoms with Crippen LogP contribution in [0.25, 0.3) is 16.5 Å². The summed E-state index contributed by atoms with van der Waals surface area (Å²) in [5, 5.41) is 10.6. The number of aliphatic hydroxyl groups is 1. The third-order valence-electron chi connectivity index (χ3n) is 6.59. The smallest absolute Gasteiger partial charge is 0.319 e. The summed E-state index contributed by atoms with van der Waals surface area (Å²) in [6, 6.07) is 1.13. The highest BCUT2D eigenvalue weighted by atomic mass is 35.5. The van der Waals surface area contributed by atoms with Crippen molar-refractivity contribution >= 4 is 39.8 Å². The van der Waals surface area contributed by atoms with E-state index in [9.17, 15) is 14.3 Å². The molecule has 1 aliphatic heterocycles. The fourth-order valence-corrected chi connectivity index (χ4v) is 5.01. The van der Waals surface area contributed by atoms with E-state index in [1.165, 1.54) is 25.1 Å². The number of hydrogen-bond donors (Lipinski definition) is 1. The second kappa shape index (κ2) is 12.7.